The Labute approximate surface area is 121 Å². The molecular weight excluding hydrogens is 268 g/mol. The fraction of sp³-hybridized carbons (Fsp3) is 0.0667. The van der Waals surface area contributed by atoms with Gasteiger partial charge < -0.3 is 9.72 Å². The second-order valence-corrected chi connectivity index (χ2v) is 4.57. The molecule has 1 amide bonds. The molecule has 0 aliphatic carbocycles. The predicted molar refractivity (Wildman–Crippen MR) is 78.2 cm³/mol. The first kappa shape index (κ1) is 13.1. The van der Waals surface area contributed by atoms with Gasteiger partial charge in [0.05, 0.1) is 5.69 Å². The van der Waals surface area contributed by atoms with E-state index in [9.17, 15) is 4.79 Å². The average Bonchev–Trinajstić information content (AvgIpc) is 3.02. The first-order chi connectivity index (χ1) is 10.3. The van der Waals surface area contributed by atoms with E-state index in [4.69, 9.17) is 5.21 Å². The highest BCUT2D eigenvalue weighted by atomic mass is 16.5. The molecule has 6 nitrogen and oxygen atoms in total. The molecule has 0 radical (unpaired) electrons. The van der Waals surface area contributed by atoms with E-state index in [1.807, 2.05) is 41.1 Å². The van der Waals surface area contributed by atoms with Crippen LogP contribution in [0.5, 0.6) is 0 Å². The van der Waals surface area contributed by atoms with Crippen LogP contribution in [-0.4, -0.2) is 20.5 Å². The number of rotatable bonds is 4. The molecule has 0 aliphatic heterocycles. The summed E-state index contributed by atoms with van der Waals surface area (Å²) in [5, 5.41) is 11.9. The van der Waals surface area contributed by atoms with Crippen molar-refractivity contribution in [1.82, 2.24) is 14.9 Å². The number of benzene rings is 1. The monoisotopic (exact) mass is 282 g/mol. The zero-order valence-electron chi connectivity index (χ0n) is 11.2. The Balaban J connectivity index is 1.73. The van der Waals surface area contributed by atoms with Crippen molar-refractivity contribution in [1.29, 1.82) is 0 Å². The van der Waals surface area contributed by atoms with Crippen molar-refractivity contribution in [3.63, 3.8) is 0 Å². The molecule has 0 unspecified atom stereocenters. The van der Waals surface area contributed by atoms with E-state index >= 15 is 0 Å². The minimum Gasteiger partial charge on any atom is -0.378 e. The first-order valence-electron chi connectivity index (χ1n) is 6.47. The average molecular weight is 282 g/mol. The Morgan fingerprint density at radius 2 is 2.00 bits per heavy atom. The molecule has 0 spiro atoms. The number of anilines is 1. The van der Waals surface area contributed by atoms with Gasteiger partial charge in [0.25, 0.3) is 5.91 Å². The number of carbonyl (C=O) groups excluding carboxylic acids is 1. The lowest BCUT2D eigenvalue weighted by molar-refractivity contribution is 0.0706. The Bertz CT molecular complexity index is 765. The van der Waals surface area contributed by atoms with Gasteiger partial charge in [0.2, 0.25) is 0 Å². The minimum absolute atomic E-state index is 0.414. The third kappa shape index (κ3) is 2.70. The van der Waals surface area contributed by atoms with Gasteiger partial charge in [-0.2, -0.15) is 0 Å². The molecule has 1 aromatic carbocycles. The fourth-order valence-corrected chi connectivity index (χ4v) is 2.12. The lowest BCUT2D eigenvalue weighted by Gasteiger charge is -2.08. The van der Waals surface area contributed by atoms with E-state index in [1.54, 1.807) is 23.8 Å². The number of hydroxylamine groups is 1. The SMILES string of the molecule is O=C(NO)c1ccc(CNc2cccn3ccnc23)cc1. The maximum absolute atomic E-state index is 11.2. The van der Waals surface area contributed by atoms with Crippen molar-refractivity contribution in [2.45, 2.75) is 6.54 Å². The van der Waals surface area contributed by atoms with Gasteiger partial charge in [-0.3, -0.25) is 10.0 Å². The van der Waals surface area contributed by atoms with Crippen LogP contribution < -0.4 is 10.8 Å². The van der Waals surface area contributed by atoms with Gasteiger partial charge in [0.1, 0.15) is 0 Å². The molecule has 106 valence electrons. The number of nitrogens with zero attached hydrogens (tertiary/aromatic N) is 2. The topological polar surface area (TPSA) is 78.7 Å². The minimum atomic E-state index is -0.517. The van der Waals surface area contributed by atoms with Gasteiger partial charge in [0.15, 0.2) is 5.65 Å². The largest absolute Gasteiger partial charge is 0.378 e. The van der Waals surface area contributed by atoms with E-state index in [1.165, 1.54) is 0 Å². The number of hydrogen-bond donors (Lipinski definition) is 3. The highest BCUT2D eigenvalue weighted by Gasteiger charge is 2.04. The molecule has 3 N–H and O–H groups in total. The van der Waals surface area contributed by atoms with Crippen molar-refractivity contribution < 1.29 is 10.0 Å². The molecule has 0 fully saturated rings. The van der Waals surface area contributed by atoms with Crippen molar-refractivity contribution >= 4 is 17.2 Å². The van der Waals surface area contributed by atoms with Crippen molar-refractivity contribution in [2.75, 3.05) is 5.32 Å². The number of imidazole rings is 1. The van der Waals surface area contributed by atoms with E-state index in [0.717, 1.165) is 16.9 Å². The van der Waals surface area contributed by atoms with Gasteiger partial charge in [-0.1, -0.05) is 12.1 Å². The molecule has 2 heterocycles. The highest BCUT2D eigenvalue weighted by Crippen LogP contribution is 2.15. The number of hydrogen-bond acceptors (Lipinski definition) is 4. The molecule has 0 saturated heterocycles. The van der Waals surface area contributed by atoms with Crippen LogP contribution in [0.15, 0.2) is 55.0 Å². The van der Waals surface area contributed by atoms with Gasteiger partial charge in [-0.25, -0.2) is 10.5 Å². The van der Waals surface area contributed by atoms with Crippen LogP contribution in [0.4, 0.5) is 5.69 Å². The zero-order valence-corrected chi connectivity index (χ0v) is 11.2. The smallest absolute Gasteiger partial charge is 0.274 e. The zero-order chi connectivity index (χ0) is 14.7. The Kier molecular flexibility index (Phi) is 3.53. The molecule has 0 bridgehead atoms. The molecule has 3 rings (SSSR count). The Hall–Kier alpha value is -2.86. The van der Waals surface area contributed by atoms with Gasteiger partial charge in [-0.05, 0) is 29.8 Å². The summed E-state index contributed by atoms with van der Waals surface area (Å²) in [4.78, 5) is 15.5. The van der Waals surface area contributed by atoms with Gasteiger partial charge >= 0.3 is 0 Å². The predicted octanol–water partition coefficient (Wildman–Crippen LogP) is 2.07. The number of aromatic nitrogens is 2. The fourth-order valence-electron chi connectivity index (χ4n) is 2.12. The van der Waals surface area contributed by atoms with Crippen molar-refractivity contribution in [3.8, 4) is 0 Å². The summed E-state index contributed by atoms with van der Waals surface area (Å²) in [6.07, 6.45) is 5.58. The Morgan fingerprint density at radius 3 is 2.76 bits per heavy atom. The molecule has 2 aromatic heterocycles. The summed E-state index contributed by atoms with van der Waals surface area (Å²) in [5.74, 6) is -0.517. The van der Waals surface area contributed by atoms with E-state index < -0.39 is 5.91 Å². The normalized spacial score (nSPS) is 10.5. The first-order valence-corrected chi connectivity index (χ1v) is 6.47. The van der Waals surface area contributed by atoms with Gasteiger partial charge in [0, 0.05) is 30.7 Å². The summed E-state index contributed by atoms with van der Waals surface area (Å²) < 4.78 is 1.94. The number of nitrogens with one attached hydrogen (secondary N) is 2. The van der Waals surface area contributed by atoms with Crippen LogP contribution in [0, 0.1) is 0 Å². The van der Waals surface area contributed by atoms with Crippen molar-refractivity contribution in [2.24, 2.45) is 0 Å². The number of amides is 1. The molecule has 0 aliphatic rings. The molecule has 21 heavy (non-hydrogen) atoms. The maximum atomic E-state index is 11.2. The molecular formula is C15H14N4O2. The second kappa shape index (κ2) is 5.64. The maximum Gasteiger partial charge on any atom is 0.274 e. The third-order valence-electron chi connectivity index (χ3n) is 3.22. The summed E-state index contributed by atoms with van der Waals surface area (Å²) >= 11 is 0. The molecule has 0 saturated carbocycles. The number of fused-ring (bicyclic) bond motifs is 1. The van der Waals surface area contributed by atoms with Crippen LogP contribution in [-0.2, 0) is 6.54 Å². The third-order valence-corrected chi connectivity index (χ3v) is 3.22. The quantitative estimate of drug-likeness (QED) is 0.505. The number of carbonyl (C=O) groups is 1. The lowest BCUT2D eigenvalue weighted by Crippen LogP contribution is -2.18. The molecule has 3 aromatic rings. The van der Waals surface area contributed by atoms with Gasteiger partial charge in [-0.15, -0.1) is 0 Å². The highest BCUT2D eigenvalue weighted by molar-refractivity contribution is 5.93. The van der Waals surface area contributed by atoms with E-state index in [0.29, 0.717) is 12.1 Å². The summed E-state index contributed by atoms with van der Waals surface area (Å²) in [6, 6.07) is 10.9. The lowest BCUT2D eigenvalue weighted by atomic mass is 10.1. The summed E-state index contributed by atoms with van der Waals surface area (Å²) in [5.41, 5.74) is 4.86. The Morgan fingerprint density at radius 1 is 1.19 bits per heavy atom. The second-order valence-electron chi connectivity index (χ2n) is 4.57. The van der Waals surface area contributed by atoms with Crippen LogP contribution in [0.2, 0.25) is 0 Å². The van der Waals surface area contributed by atoms with Crippen LogP contribution in [0.3, 0.4) is 0 Å². The van der Waals surface area contributed by atoms with Crippen LogP contribution >= 0.6 is 0 Å². The summed E-state index contributed by atoms with van der Waals surface area (Å²) in [7, 11) is 0. The van der Waals surface area contributed by atoms with Crippen LogP contribution in [0.1, 0.15) is 15.9 Å². The van der Waals surface area contributed by atoms with E-state index in [2.05, 4.69) is 10.3 Å². The standard InChI is InChI=1S/C15H14N4O2/c20-15(18-21)12-5-3-11(4-6-12)10-17-13-2-1-8-19-9-7-16-14(13)19/h1-9,17,21H,10H2,(H,18,20). The summed E-state index contributed by atoms with van der Waals surface area (Å²) in [6.45, 7) is 0.619. The molecule has 6 heteroatoms. The molecule has 0 atom stereocenters. The van der Waals surface area contributed by atoms with E-state index in [-0.39, 0.29) is 0 Å². The van der Waals surface area contributed by atoms with Crippen LogP contribution in [0.25, 0.3) is 5.65 Å². The number of pyridine rings is 1. The van der Waals surface area contributed by atoms with Crippen molar-refractivity contribution in [3.05, 3.63) is 66.1 Å².